The van der Waals surface area contributed by atoms with E-state index >= 15 is 0 Å². The van der Waals surface area contributed by atoms with Crippen molar-refractivity contribution >= 4 is 70.0 Å². The van der Waals surface area contributed by atoms with Gasteiger partial charge < -0.3 is 0 Å². The van der Waals surface area contributed by atoms with E-state index in [1.807, 2.05) is 0 Å². The van der Waals surface area contributed by atoms with Crippen LogP contribution in [-0.2, 0) is 4.18 Å². The molecule has 1 aliphatic heterocycles. The fourth-order valence-electron chi connectivity index (χ4n) is 0.527. The summed E-state index contributed by atoms with van der Waals surface area (Å²) < 4.78 is 2.98. The van der Waals surface area contributed by atoms with Crippen LogP contribution < -0.4 is 0 Å². The Kier molecular flexibility index (Phi) is 3.81. The van der Waals surface area contributed by atoms with Crippen LogP contribution in [0.1, 0.15) is 0 Å². The zero-order chi connectivity index (χ0) is 8.65. The van der Waals surface area contributed by atoms with Crippen LogP contribution in [-0.4, -0.2) is 20.0 Å². The van der Waals surface area contributed by atoms with Gasteiger partial charge in [0.2, 0.25) is 4.52 Å². The molecule has 0 aromatic rings. The lowest BCUT2D eigenvalue weighted by atomic mass is 10.3. The Bertz CT molecular complexity index is 153. The highest BCUT2D eigenvalue weighted by Crippen LogP contribution is 2.47. The molecular formula is C4H3Cl5OS. The van der Waals surface area contributed by atoms with E-state index in [-0.39, 0.29) is 0 Å². The standard InChI is InChI=1S/C4H3Cl5OS/c5-1-2(6)4(8,9)10-11-3(1)7/h1-3H. The lowest BCUT2D eigenvalue weighted by Crippen LogP contribution is -2.43. The van der Waals surface area contributed by atoms with Gasteiger partial charge in [-0.25, -0.2) is 0 Å². The van der Waals surface area contributed by atoms with E-state index < -0.39 is 20.0 Å². The summed E-state index contributed by atoms with van der Waals surface area (Å²) in [5.41, 5.74) is 0. The van der Waals surface area contributed by atoms with Gasteiger partial charge in [0.05, 0.1) is 5.38 Å². The van der Waals surface area contributed by atoms with Crippen molar-refractivity contribution in [3.63, 3.8) is 0 Å². The quantitative estimate of drug-likeness (QED) is 0.494. The van der Waals surface area contributed by atoms with Gasteiger partial charge in [0.15, 0.2) is 0 Å². The smallest absolute Gasteiger partial charge is 0.247 e. The Morgan fingerprint density at radius 2 is 1.73 bits per heavy atom. The summed E-state index contributed by atoms with van der Waals surface area (Å²) in [7, 11) is 0. The third-order valence-electron chi connectivity index (χ3n) is 1.10. The molecule has 1 heterocycles. The molecule has 66 valence electrons. The number of hydrogen-bond donors (Lipinski definition) is 0. The van der Waals surface area contributed by atoms with Crippen LogP contribution >= 0.6 is 70.0 Å². The molecule has 0 amide bonds. The summed E-state index contributed by atoms with van der Waals surface area (Å²) in [6.07, 6.45) is 0. The van der Waals surface area contributed by atoms with Crippen molar-refractivity contribution < 1.29 is 4.18 Å². The molecule has 1 saturated heterocycles. The van der Waals surface area contributed by atoms with Gasteiger partial charge in [0, 0.05) is 12.0 Å². The van der Waals surface area contributed by atoms with Gasteiger partial charge >= 0.3 is 0 Å². The highest BCUT2D eigenvalue weighted by molar-refractivity contribution is 7.96. The van der Waals surface area contributed by atoms with Gasteiger partial charge in [-0.3, -0.25) is 4.18 Å². The van der Waals surface area contributed by atoms with Gasteiger partial charge in [-0.15, -0.1) is 34.8 Å². The number of hydrogen-bond acceptors (Lipinski definition) is 2. The molecule has 0 aromatic carbocycles. The molecule has 0 aliphatic carbocycles. The van der Waals surface area contributed by atoms with Gasteiger partial charge in [-0.05, 0) is 0 Å². The molecule has 3 atom stereocenters. The Morgan fingerprint density at radius 3 is 2.18 bits per heavy atom. The van der Waals surface area contributed by atoms with Gasteiger partial charge in [-0.2, -0.15) is 0 Å². The monoisotopic (exact) mass is 274 g/mol. The maximum atomic E-state index is 5.77. The minimum Gasteiger partial charge on any atom is -0.274 e. The lowest BCUT2D eigenvalue weighted by molar-refractivity contribution is 0.262. The SMILES string of the molecule is ClC1SOC(Cl)(Cl)C(Cl)C1Cl. The van der Waals surface area contributed by atoms with E-state index in [9.17, 15) is 0 Å². The molecule has 11 heavy (non-hydrogen) atoms. The molecule has 0 bridgehead atoms. The van der Waals surface area contributed by atoms with Crippen molar-refractivity contribution in [1.82, 2.24) is 0 Å². The van der Waals surface area contributed by atoms with Crippen molar-refractivity contribution in [1.29, 1.82) is 0 Å². The molecule has 1 aliphatic rings. The summed E-state index contributed by atoms with van der Waals surface area (Å²) in [4.78, 5) is 0. The predicted octanol–water partition coefficient (Wildman–Crippen LogP) is 3.58. The Hall–Kier alpha value is 1.76. The predicted molar refractivity (Wildman–Crippen MR) is 52.0 cm³/mol. The molecule has 1 fully saturated rings. The van der Waals surface area contributed by atoms with Crippen molar-refractivity contribution in [2.24, 2.45) is 0 Å². The van der Waals surface area contributed by atoms with Gasteiger partial charge in [0.25, 0.3) is 0 Å². The van der Waals surface area contributed by atoms with E-state index in [1.54, 1.807) is 0 Å². The van der Waals surface area contributed by atoms with E-state index in [0.717, 1.165) is 12.0 Å². The molecule has 0 saturated carbocycles. The molecule has 0 radical (unpaired) electrons. The minimum absolute atomic E-state index is 0.426. The van der Waals surface area contributed by atoms with Crippen molar-refractivity contribution in [3.05, 3.63) is 0 Å². The largest absolute Gasteiger partial charge is 0.274 e. The summed E-state index contributed by atoms with van der Waals surface area (Å²) in [6, 6.07) is 0. The van der Waals surface area contributed by atoms with Crippen LogP contribution in [0, 0.1) is 0 Å². The Labute approximate surface area is 93.8 Å². The molecule has 0 spiro atoms. The number of rotatable bonds is 0. The van der Waals surface area contributed by atoms with Crippen LogP contribution in [0.15, 0.2) is 0 Å². The summed E-state index contributed by atoms with van der Waals surface area (Å²) in [5.74, 6) is 0. The minimum atomic E-state index is -1.45. The zero-order valence-corrected chi connectivity index (χ0v) is 9.53. The van der Waals surface area contributed by atoms with Crippen LogP contribution in [0.3, 0.4) is 0 Å². The van der Waals surface area contributed by atoms with Crippen LogP contribution in [0.4, 0.5) is 0 Å². The second kappa shape index (κ2) is 3.87. The summed E-state index contributed by atoms with van der Waals surface area (Å²) >= 11 is 29.4. The molecule has 1 rings (SSSR count). The topological polar surface area (TPSA) is 9.23 Å². The van der Waals surface area contributed by atoms with Crippen LogP contribution in [0.5, 0.6) is 0 Å². The molecule has 7 heteroatoms. The summed E-state index contributed by atoms with van der Waals surface area (Å²) in [6.45, 7) is 0. The molecule has 3 unspecified atom stereocenters. The molecule has 1 nitrogen and oxygen atoms in total. The normalized spacial score (nSPS) is 43.9. The fraction of sp³-hybridized carbons (Fsp3) is 1.00. The van der Waals surface area contributed by atoms with E-state index in [4.69, 9.17) is 62.2 Å². The Morgan fingerprint density at radius 1 is 1.18 bits per heavy atom. The van der Waals surface area contributed by atoms with Crippen molar-refractivity contribution in [3.8, 4) is 0 Å². The first-order valence-corrected chi connectivity index (χ1v) is 5.46. The third kappa shape index (κ3) is 2.37. The zero-order valence-electron chi connectivity index (χ0n) is 4.94. The average Bonchev–Trinajstić information content (AvgIpc) is 1.95. The molecule has 0 aromatic heterocycles. The number of halogens is 5. The van der Waals surface area contributed by atoms with Crippen LogP contribution in [0.2, 0.25) is 0 Å². The number of alkyl halides is 5. The van der Waals surface area contributed by atoms with Gasteiger partial charge in [-0.1, -0.05) is 23.2 Å². The van der Waals surface area contributed by atoms with E-state index in [2.05, 4.69) is 0 Å². The molecular weight excluding hydrogens is 273 g/mol. The highest BCUT2D eigenvalue weighted by Gasteiger charge is 2.48. The maximum Gasteiger partial charge on any atom is 0.247 e. The van der Waals surface area contributed by atoms with Gasteiger partial charge in [0.1, 0.15) is 10.1 Å². The fourth-order valence-corrected chi connectivity index (χ4v) is 2.69. The van der Waals surface area contributed by atoms with E-state index in [1.165, 1.54) is 0 Å². The first-order valence-electron chi connectivity index (χ1n) is 2.59. The Balaban J connectivity index is 2.67. The second-order valence-corrected chi connectivity index (χ2v) is 5.83. The average molecular weight is 276 g/mol. The lowest BCUT2D eigenvalue weighted by Gasteiger charge is -2.34. The first-order chi connectivity index (χ1) is 4.95. The summed E-state index contributed by atoms with van der Waals surface area (Å²) in [5, 5.41) is -1.22. The van der Waals surface area contributed by atoms with Crippen molar-refractivity contribution in [2.75, 3.05) is 0 Å². The van der Waals surface area contributed by atoms with E-state index in [0.29, 0.717) is 0 Å². The second-order valence-electron chi connectivity index (χ2n) is 1.94. The third-order valence-corrected chi connectivity index (χ3v) is 4.95. The maximum absolute atomic E-state index is 5.77. The highest BCUT2D eigenvalue weighted by atomic mass is 35.5. The van der Waals surface area contributed by atoms with Crippen LogP contribution in [0.25, 0.3) is 0 Å². The first kappa shape index (κ1) is 10.8. The molecule has 0 N–H and O–H groups in total. The van der Waals surface area contributed by atoms with Crippen molar-refractivity contribution in [2.45, 2.75) is 20.0 Å².